The first kappa shape index (κ1) is 36.3. The summed E-state index contributed by atoms with van der Waals surface area (Å²) in [5.41, 5.74) is -0.541. The van der Waals surface area contributed by atoms with E-state index in [1.807, 2.05) is 30.3 Å². The number of benzene rings is 2. The van der Waals surface area contributed by atoms with Crippen LogP contribution in [0.5, 0.6) is 0 Å². The van der Waals surface area contributed by atoms with Gasteiger partial charge in [-0.1, -0.05) is 41.9 Å². The molecule has 0 spiro atoms. The number of amides is 3. The maximum absolute atomic E-state index is 14.2. The second-order valence-electron chi connectivity index (χ2n) is 14.5. The highest BCUT2D eigenvalue weighted by molar-refractivity contribution is 6.33. The fourth-order valence-electron chi connectivity index (χ4n) is 8.54. The van der Waals surface area contributed by atoms with Crippen LogP contribution in [-0.2, 0) is 17.4 Å². The number of alkyl halides is 3. The monoisotopic (exact) mass is 743 g/mol. The molecule has 2 aromatic carbocycles. The van der Waals surface area contributed by atoms with Crippen LogP contribution in [0, 0.1) is 0 Å². The Morgan fingerprint density at radius 3 is 2.25 bits per heavy atom. The number of hydrogen-bond acceptors (Lipinski definition) is 7. The molecule has 3 aromatic rings. The molecule has 3 amide bonds. The van der Waals surface area contributed by atoms with Gasteiger partial charge in [0.15, 0.2) is 5.82 Å². The number of aromatic nitrogens is 3. The number of carbonyl (C=O) groups excluding carboxylic acids is 2. The molecule has 1 aromatic heterocycles. The van der Waals surface area contributed by atoms with Crippen molar-refractivity contribution in [3.05, 3.63) is 69.1 Å². The highest BCUT2D eigenvalue weighted by Gasteiger charge is 2.45. The molecule has 4 fully saturated rings. The first-order valence-electron chi connectivity index (χ1n) is 18.0. The van der Waals surface area contributed by atoms with Gasteiger partial charge in [-0.2, -0.15) is 13.2 Å². The number of H-pyrrole nitrogens is 1. The number of anilines is 1. The predicted octanol–water partition coefficient (Wildman–Crippen LogP) is 4.29. The summed E-state index contributed by atoms with van der Waals surface area (Å²) >= 11 is 6.31. The molecule has 5 heterocycles. The fraction of sp³-hybridized carbons (Fsp3) is 0.556. The smallest absolute Gasteiger partial charge is 0.386 e. The Hall–Kier alpha value is -4.08. The van der Waals surface area contributed by atoms with Gasteiger partial charge in [-0.25, -0.2) is 14.3 Å². The van der Waals surface area contributed by atoms with E-state index in [1.165, 1.54) is 24.2 Å². The molecule has 280 valence electrons. The summed E-state index contributed by atoms with van der Waals surface area (Å²) in [5.74, 6) is 0.135. The Labute approximate surface area is 305 Å². The van der Waals surface area contributed by atoms with Gasteiger partial charge in [0.2, 0.25) is 5.91 Å². The molecule has 52 heavy (non-hydrogen) atoms. The molecule has 2 bridgehead atoms. The lowest BCUT2D eigenvalue weighted by atomic mass is 9.98. The largest absolute Gasteiger partial charge is 0.418 e. The van der Waals surface area contributed by atoms with E-state index in [1.54, 1.807) is 9.80 Å². The number of piperidine rings is 2. The molecule has 2 unspecified atom stereocenters. The van der Waals surface area contributed by atoms with Crippen molar-refractivity contribution in [1.82, 2.24) is 39.7 Å². The van der Waals surface area contributed by atoms with E-state index in [2.05, 4.69) is 37.6 Å². The van der Waals surface area contributed by atoms with Crippen LogP contribution in [0.15, 0.2) is 47.3 Å². The number of halogens is 4. The molecular weight excluding hydrogens is 699 g/mol. The molecule has 3 N–H and O–H groups in total. The van der Waals surface area contributed by atoms with E-state index in [4.69, 9.17) is 11.6 Å². The number of nitrogens with one attached hydrogen (secondary N) is 3. The van der Waals surface area contributed by atoms with Crippen LogP contribution in [0.4, 0.5) is 23.7 Å². The molecule has 0 saturated carbocycles. The molecule has 0 radical (unpaired) electrons. The lowest BCUT2D eigenvalue weighted by Crippen LogP contribution is -2.57. The number of likely N-dealkylation sites (N-methyl/N-ethyl adjacent to an activating group) is 1. The summed E-state index contributed by atoms with van der Waals surface area (Å²) in [5, 5.41) is 9.79. The minimum Gasteiger partial charge on any atom is -0.386 e. The third kappa shape index (κ3) is 7.40. The predicted molar refractivity (Wildman–Crippen MR) is 191 cm³/mol. The van der Waals surface area contributed by atoms with Gasteiger partial charge in [-0.15, -0.1) is 5.10 Å². The van der Waals surface area contributed by atoms with Gasteiger partial charge in [0.05, 0.1) is 22.3 Å². The van der Waals surface area contributed by atoms with E-state index in [9.17, 15) is 27.6 Å². The van der Waals surface area contributed by atoms with Crippen molar-refractivity contribution in [2.24, 2.45) is 0 Å². The van der Waals surface area contributed by atoms with Crippen LogP contribution in [-0.4, -0.2) is 124 Å². The number of aromatic amines is 1. The molecule has 12 nitrogen and oxygen atoms in total. The minimum absolute atomic E-state index is 0.123. The summed E-state index contributed by atoms with van der Waals surface area (Å²) in [6, 6.07) is 11.4. The van der Waals surface area contributed by atoms with Crippen molar-refractivity contribution in [2.75, 3.05) is 58.7 Å². The Morgan fingerprint density at radius 1 is 0.962 bits per heavy atom. The standard InChI is InChI=1S/C36H45ClF3N9O3/c1-41-31-28(36(38,39)40)16-22(17-29(31)37)18-30(33(50)46-12-8-24(9-13-46)48-21-26-19-27(48)20-45(26)2)42-34(51)47-14-10-25(11-15-47)49-35(52)43-32(44-49)23-6-4-3-5-7-23/h3-7,16-17,24-27,30,41H,8-15,18-21H2,1-2H3,(H,42,51)(H,43,44,52)/t26?,27?,30-/m1/s1. The summed E-state index contributed by atoms with van der Waals surface area (Å²) in [6.45, 7) is 3.69. The van der Waals surface area contributed by atoms with Crippen molar-refractivity contribution in [1.29, 1.82) is 0 Å². The first-order chi connectivity index (χ1) is 24.9. The number of hydrogen-bond donors (Lipinski definition) is 3. The Balaban J connectivity index is 1.04. The normalized spacial score (nSPS) is 22.6. The van der Waals surface area contributed by atoms with Crippen LogP contribution < -0.4 is 16.3 Å². The lowest BCUT2D eigenvalue weighted by Gasteiger charge is -2.42. The average molecular weight is 744 g/mol. The summed E-state index contributed by atoms with van der Waals surface area (Å²) in [4.78, 5) is 51.8. The number of fused-ring (bicyclic) bond motifs is 2. The van der Waals surface area contributed by atoms with Gasteiger partial charge in [0.1, 0.15) is 6.04 Å². The maximum atomic E-state index is 14.2. The third-order valence-corrected chi connectivity index (χ3v) is 11.6. The number of nitrogens with zero attached hydrogens (tertiary/aromatic N) is 6. The van der Waals surface area contributed by atoms with Gasteiger partial charge < -0.3 is 25.3 Å². The first-order valence-corrected chi connectivity index (χ1v) is 18.4. The van der Waals surface area contributed by atoms with E-state index in [0.29, 0.717) is 63.0 Å². The van der Waals surface area contributed by atoms with E-state index < -0.39 is 23.8 Å². The lowest BCUT2D eigenvalue weighted by molar-refractivity contribution is -0.137. The van der Waals surface area contributed by atoms with Gasteiger partial charge >= 0.3 is 17.9 Å². The van der Waals surface area contributed by atoms with Crippen LogP contribution >= 0.6 is 11.6 Å². The van der Waals surface area contributed by atoms with Crippen molar-refractivity contribution >= 4 is 29.2 Å². The van der Waals surface area contributed by atoms with E-state index in [0.717, 1.165) is 37.6 Å². The van der Waals surface area contributed by atoms with Gasteiger partial charge in [0.25, 0.3) is 0 Å². The van der Waals surface area contributed by atoms with Crippen molar-refractivity contribution in [2.45, 2.75) is 74.9 Å². The highest BCUT2D eigenvalue weighted by atomic mass is 35.5. The summed E-state index contributed by atoms with van der Waals surface area (Å²) in [6.07, 6.45) is -1.16. The Kier molecular flexibility index (Phi) is 10.3. The number of urea groups is 1. The number of rotatable bonds is 8. The van der Waals surface area contributed by atoms with E-state index >= 15 is 0 Å². The topological polar surface area (TPSA) is 122 Å². The molecule has 4 saturated heterocycles. The molecule has 4 aliphatic heterocycles. The van der Waals surface area contributed by atoms with Gasteiger partial charge in [-0.3, -0.25) is 14.7 Å². The summed E-state index contributed by atoms with van der Waals surface area (Å²) in [7, 11) is 3.53. The van der Waals surface area contributed by atoms with Crippen LogP contribution in [0.25, 0.3) is 11.4 Å². The SMILES string of the molecule is CNc1c(Cl)cc(C[C@@H](NC(=O)N2CCC(n3nc(-c4ccccc4)[nH]c3=O)CC2)C(=O)N2CCC(N3CC4CC3CN4C)CC2)cc1C(F)(F)F. The number of piperazine rings is 1. The van der Waals surface area contributed by atoms with Crippen LogP contribution in [0.2, 0.25) is 5.02 Å². The zero-order chi connectivity index (χ0) is 36.7. The quantitative estimate of drug-likeness (QED) is 0.315. The van der Waals surface area contributed by atoms with Crippen molar-refractivity contribution in [3.8, 4) is 11.4 Å². The van der Waals surface area contributed by atoms with Crippen molar-refractivity contribution < 1.29 is 22.8 Å². The second kappa shape index (κ2) is 14.7. The zero-order valence-electron chi connectivity index (χ0n) is 29.3. The van der Waals surface area contributed by atoms with Gasteiger partial charge in [-0.05, 0) is 56.8 Å². The minimum atomic E-state index is -4.69. The Morgan fingerprint density at radius 2 is 1.63 bits per heavy atom. The Bertz CT molecular complexity index is 1820. The van der Waals surface area contributed by atoms with Gasteiger partial charge in [0, 0.05) is 76.4 Å². The average Bonchev–Trinajstić information content (AvgIpc) is 3.85. The summed E-state index contributed by atoms with van der Waals surface area (Å²) < 4.78 is 43.6. The third-order valence-electron chi connectivity index (χ3n) is 11.3. The number of likely N-dealkylation sites (tertiary alicyclic amines) is 4. The maximum Gasteiger partial charge on any atom is 0.418 e. The van der Waals surface area contributed by atoms with Crippen LogP contribution in [0.1, 0.15) is 49.3 Å². The molecule has 16 heteroatoms. The highest BCUT2D eigenvalue weighted by Crippen LogP contribution is 2.40. The fourth-order valence-corrected chi connectivity index (χ4v) is 8.88. The molecular formula is C36H45ClF3N9O3. The van der Waals surface area contributed by atoms with E-state index in [-0.39, 0.29) is 40.3 Å². The molecule has 3 atom stereocenters. The molecule has 0 aliphatic carbocycles. The second-order valence-corrected chi connectivity index (χ2v) is 14.9. The zero-order valence-corrected chi connectivity index (χ0v) is 30.1. The number of carbonyl (C=O) groups is 2. The van der Waals surface area contributed by atoms with Crippen molar-refractivity contribution in [3.63, 3.8) is 0 Å². The van der Waals surface area contributed by atoms with Crippen LogP contribution in [0.3, 0.4) is 0 Å². The molecule has 4 aliphatic rings. The molecule has 7 rings (SSSR count).